The summed E-state index contributed by atoms with van der Waals surface area (Å²) in [4.78, 5) is 29.3. The van der Waals surface area contributed by atoms with Crippen LogP contribution in [0.4, 0.5) is 5.69 Å². The molecule has 2 aromatic carbocycles. The summed E-state index contributed by atoms with van der Waals surface area (Å²) >= 11 is 7.56. The zero-order valence-corrected chi connectivity index (χ0v) is 15.7. The molecule has 1 aliphatic heterocycles. The standard InChI is InChI=1S/C19H19ClN2O2S/c1-13(14-6-5-7-15(20)10-14)21(2)18(23)11-22-16-8-3-4-9-17(16)25-12-19(22)24/h3-10,13H,11-12H2,1-2H3. The minimum Gasteiger partial charge on any atom is -0.337 e. The molecule has 0 aromatic heterocycles. The number of fused-ring (bicyclic) bond motifs is 1. The minimum atomic E-state index is -0.129. The van der Waals surface area contributed by atoms with Crippen molar-refractivity contribution in [2.75, 3.05) is 24.2 Å². The number of rotatable bonds is 4. The van der Waals surface area contributed by atoms with Crippen molar-refractivity contribution in [2.45, 2.75) is 17.9 Å². The van der Waals surface area contributed by atoms with Crippen molar-refractivity contribution >= 4 is 40.9 Å². The number of carbonyl (C=O) groups excluding carboxylic acids is 2. The molecular weight excluding hydrogens is 356 g/mol. The molecule has 2 aromatic rings. The Hall–Kier alpha value is -1.98. The van der Waals surface area contributed by atoms with Crippen molar-refractivity contribution < 1.29 is 9.59 Å². The van der Waals surface area contributed by atoms with Crippen molar-refractivity contribution in [3.8, 4) is 0 Å². The van der Waals surface area contributed by atoms with E-state index in [0.29, 0.717) is 10.8 Å². The molecule has 1 unspecified atom stereocenters. The Morgan fingerprint density at radius 1 is 1.28 bits per heavy atom. The highest BCUT2D eigenvalue weighted by Gasteiger charge is 2.28. The summed E-state index contributed by atoms with van der Waals surface area (Å²) in [5, 5.41) is 0.641. The maximum absolute atomic E-state index is 12.8. The SMILES string of the molecule is CC(c1cccc(Cl)c1)N(C)C(=O)CN1C(=O)CSc2ccccc21. The van der Waals surface area contributed by atoms with E-state index in [0.717, 1.165) is 16.1 Å². The lowest BCUT2D eigenvalue weighted by Gasteiger charge is -2.32. The number of hydrogen-bond acceptors (Lipinski definition) is 3. The molecule has 3 rings (SSSR count). The fourth-order valence-corrected chi connectivity index (χ4v) is 3.91. The summed E-state index contributed by atoms with van der Waals surface area (Å²) in [6, 6.07) is 15.0. The molecule has 130 valence electrons. The monoisotopic (exact) mass is 374 g/mol. The molecule has 25 heavy (non-hydrogen) atoms. The van der Waals surface area contributed by atoms with Crippen molar-refractivity contribution in [1.82, 2.24) is 4.90 Å². The normalized spacial score (nSPS) is 14.8. The fraction of sp³-hybridized carbons (Fsp3) is 0.263. The van der Waals surface area contributed by atoms with Crippen LogP contribution in [0.15, 0.2) is 53.4 Å². The molecule has 2 amide bonds. The molecule has 0 bridgehead atoms. The number of halogens is 1. The molecule has 0 spiro atoms. The van der Waals surface area contributed by atoms with Crippen LogP contribution in [-0.2, 0) is 9.59 Å². The van der Waals surface area contributed by atoms with Gasteiger partial charge in [0.25, 0.3) is 0 Å². The summed E-state index contributed by atoms with van der Waals surface area (Å²) in [6.07, 6.45) is 0. The molecule has 1 heterocycles. The van der Waals surface area contributed by atoms with Gasteiger partial charge in [-0.15, -0.1) is 11.8 Å². The van der Waals surface area contributed by atoms with Crippen LogP contribution in [0.1, 0.15) is 18.5 Å². The van der Waals surface area contributed by atoms with Crippen LogP contribution >= 0.6 is 23.4 Å². The summed E-state index contributed by atoms with van der Waals surface area (Å²) < 4.78 is 0. The first-order valence-electron chi connectivity index (χ1n) is 8.00. The Labute approximate surface area is 156 Å². The third-order valence-electron chi connectivity index (χ3n) is 4.41. The largest absolute Gasteiger partial charge is 0.337 e. The van der Waals surface area contributed by atoms with Crippen LogP contribution in [0.25, 0.3) is 0 Å². The number of benzene rings is 2. The van der Waals surface area contributed by atoms with Gasteiger partial charge in [0.05, 0.1) is 17.5 Å². The van der Waals surface area contributed by atoms with Crippen LogP contribution in [0.2, 0.25) is 5.02 Å². The Morgan fingerprint density at radius 2 is 2.04 bits per heavy atom. The molecule has 0 saturated carbocycles. The molecule has 1 atom stereocenters. The summed E-state index contributed by atoms with van der Waals surface area (Å²) in [6.45, 7) is 1.99. The first kappa shape index (κ1) is 17.8. The van der Waals surface area contributed by atoms with Gasteiger partial charge >= 0.3 is 0 Å². The van der Waals surface area contributed by atoms with Gasteiger partial charge in [-0.25, -0.2) is 0 Å². The van der Waals surface area contributed by atoms with Crippen molar-refractivity contribution in [2.24, 2.45) is 0 Å². The molecule has 4 nitrogen and oxygen atoms in total. The van der Waals surface area contributed by atoms with E-state index in [1.165, 1.54) is 11.8 Å². The van der Waals surface area contributed by atoms with E-state index in [4.69, 9.17) is 11.6 Å². The van der Waals surface area contributed by atoms with Crippen molar-refractivity contribution in [3.05, 3.63) is 59.1 Å². The number of amides is 2. The van der Waals surface area contributed by atoms with Gasteiger partial charge in [0.15, 0.2) is 0 Å². The van der Waals surface area contributed by atoms with Gasteiger partial charge in [0.1, 0.15) is 6.54 Å². The van der Waals surface area contributed by atoms with Gasteiger partial charge in [-0.2, -0.15) is 0 Å². The van der Waals surface area contributed by atoms with Crippen LogP contribution in [-0.4, -0.2) is 36.1 Å². The van der Waals surface area contributed by atoms with Crippen LogP contribution in [0.5, 0.6) is 0 Å². The topological polar surface area (TPSA) is 40.6 Å². The Kier molecular flexibility index (Phi) is 5.35. The second kappa shape index (κ2) is 7.50. The smallest absolute Gasteiger partial charge is 0.242 e. The zero-order valence-electron chi connectivity index (χ0n) is 14.1. The van der Waals surface area contributed by atoms with Gasteiger partial charge in [0, 0.05) is 17.0 Å². The lowest BCUT2D eigenvalue weighted by molar-refractivity contribution is -0.131. The third-order valence-corrected chi connectivity index (χ3v) is 5.69. The van der Waals surface area contributed by atoms with Gasteiger partial charge in [-0.1, -0.05) is 35.9 Å². The average Bonchev–Trinajstić information content (AvgIpc) is 2.62. The number of likely N-dealkylation sites (N-methyl/N-ethyl adjacent to an activating group) is 1. The number of anilines is 1. The minimum absolute atomic E-state index is 0.0395. The lowest BCUT2D eigenvalue weighted by Crippen LogP contribution is -2.44. The lowest BCUT2D eigenvalue weighted by atomic mass is 10.1. The maximum atomic E-state index is 12.8. The highest BCUT2D eigenvalue weighted by molar-refractivity contribution is 8.00. The predicted octanol–water partition coefficient (Wildman–Crippen LogP) is 4.00. The molecule has 0 aliphatic carbocycles. The average molecular weight is 375 g/mol. The highest BCUT2D eigenvalue weighted by Crippen LogP contribution is 2.35. The second-order valence-electron chi connectivity index (χ2n) is 5.97. The highest BCUT2D eigenvalue weighted by atomic mass is 35.5. The Bertz CT molecular complexity index is 812. The zero-order chi connectivity index (χ0) is 18.0. The molecule has 0 N–H and O–H groups in total. The first-order chi connectivity index (χ1) is 12.0. The Morgan fingerprint density at radius 3 is 2.80 bits per heavy atom. The van der Waals surface area contributed by atoms with E-state index in [9.17, 15) is 9.59 Å². The Balaban J connectivity index is 1.76. The van der Waals surface area contributed by atoms with E-state index in [1.54, 1.807) is 22.9 Å². The first-order valence-corrected chi connectivity index (χ1v) is 9.37. The van der Waals surface area contributed by atoms with Gasteiger partial charge in [0.2, 0.25) is 11.8 Å². The van der Waals surface area contributed by atoms with Crippen LogP contribution < -0.4 is 4.90 Å². The number of para-hydroxylation sites is 1. The predicted molar refractivity (Wildman–Crippen MR) is 102 cm³/mol. The third kappa shape index (κ3) is 3.83. The van der Waals surface area contributed by atoms with E-state index in [1.807, 2.05) is 49.4 Å². The fourth-order valence-electron chi connectivity index (χ4n) is 2.78. The van der Waals surface area contributed by atoms with E-state index >= 15 is 0 Å². The number of thioether (sulfide) groups is 1. The molecule has 6 heteroatoms. The number of nitrogens with zero attached hydrogens (tertiary/aromatic N) is 2. The molecule has 0 saturated heterocycles. The number of hydrogen-bond donors (Lipinski definition) is 0. The molecule has 0 fully saturated rings. The van der Waals surface area contributed by atoms with Crippen LogP contribution in [0.3, 0.4) is 0 Å². The van der Waals surface area contributed by atoms with Gasteiger partial charge < -0.3 is 9.80 Å². The van der Waals surface area contributed by atoms with Crippen LogP contribution in [0, 0.1) is 0 Å². The summed E-state index contributed by atoms with van der Waals surface area (Å²) in [7, 11) is 1.75. The van der Waals surface area contributed by atoms with Gasteiger partial charge in [-0.3, -0.25) is 9.59 Å². The summed E-state index contributed by atoms with van der Waals surface area (Å²) in [5.41, 5.74) is 1.77. The van der Waals surface area contributed by atoms with Crippen molar-refractivity contribution in [3.63, 3.8) is 0 Å². The van der Waals surface area contributed by atoms with E-state index in [-0.39, 0.29) is 24.4 Å². The summed E-state index contributed by atoms with van der Waals surface area (Å²) in [5.74, 6) is 0.209. The van der Waals surface area contributed by atoms with E-state index < -0.39 is 0 Å². The number of carbonyl (C=O) groups is 2. The molecule has 0 radical (unpaired) electrons. The second-order valence-corrected chi connectivity index (χ2v) is 7.43. The molecule has 1 aliphatic rings. The molecular formula is C19H19ClN2O2S. The maximum Gasteiger partial charge on any atom is 0.242 e. The quantitative estimate of drug-likeness (QED) is 0.812. The van der Waals surface area contributed by atoms with Crippen molar-refractivity contribution in [1.29, 1.82) is 0 Å². The van der Waals surface area contributed by atoms with Gasteiger partial charge in [-0.05, 0) is 36.8 Å². The van der Waals surface area contributed by atoms with E-state index in [2.05, 4.69) is 0 Å².